The number of hydrogen-bond acceptors (Lipinski definition) is 3. The molecule has 1 saturated carbocycles. The summed E-state index contributed by atoms with van der Waals surface area (Å²) in [5.41, 5.74) is 0. The fourth-order valence-corrected chi connectivity index (χ4v) is 2.14. The highest BCUT2D eigenvalue weighted by molar-refractivity contribution is 5.81. The van der Waals surface area contributed by atoms with E-state index in [1.165, 1.54) is 19.3 Å². The Bertz CT molecular complexity index is 248. The summed E-state index contributed by atoms with van der Waals surface area (Å²) in [5.74, 6) is 0.136. The van der Waals surface area contributed by atoms with Gasteiger partial charge in [0.15, 0.2) is 0 Å². The summed E-state index contributed by atoms with van der Waals surface area (Å²) in [7, 11) is 0. The summed E-state index contributed by atoms with van der Waals surface area (Å²) in [6.45, 7) is 3.70. The van der Waals surface area contributed by atoms with Crippen LogP contribution in [0.2, 0.25) is 0 Å². The quantitative estimate of drug-likeness (QED) is 0.733. The number of rotatable bonds is 6. The van der Waals surface area contributed by atoms with Crippen molar-refractivity contribution in [2.45, 2.75) is 63.6 Å². The van der Waals surface area contributed by atoms with Crippen molar-refractivity contribution >= 4 is 5.91 Å². The number of ether oxygens (including phenoxy) is 1. The van der Waals surface area contributed by atoms with Gasteiger partial charge in [-0.1, -0.05) is 0 Å². The number of carbonyl (C=O) groups is 1. The molecule has 0 aromatic rings. The van der Waals surface area contributed by atoms with Gasteiger partial charge in [-0.25, -0.2) is 0 Å². The molecule has 4 heteroatoms. The first-order valence-electron chi connectivity index (χ1n) is 6.91. The van der Waals surface area contributed by atoms with E-state index in [0.29, 0.717) is 12.1 Å². The van der Waals surface area contributed by atoms with Crippen molar-refractivity contribution in [3.8, 4) is 0 Å². The van der Waals surface area contributed by atoms with E-state index in [1.54, 1.807) is 0 Å². The second-order valence-electron chi connectivity index (χ2n) is 5.24. The zero-order valence-corrected chi connectivity index (χ0v) is 10.7. The second-order valence-corrected chi connectivity index (χ2v) is 5.24. The number of amides is 1. The number of nitrogens with one attached hydrogen (secondary N) is 2. The van der Waals surface area contributed by atoms with Crippen LogP contribution in [0.5, 0.6) is 0 Å². The molecular formula is C13H24N2O2. The Kier molecular flexibility index (Phi) is 4.80. The minimum atomic E-state index is -0.0841. The van der Waals surface area contributed by atoms with Gasteiger partial charge in [0.05, 0.1) is 12.1 Å². The van der Waals surface area contributed by atoms with Gasteiger partial charge in [-0.2, -0.15) is 0 Å². The van der Waals surface area contributed by atoms with Gasteiger partial charge in [0.2, 0.25) is 5.91 Å². The molecule has 0 bridgehead atoms. The largest absolute Gasteiger partial charge is 0.378 e. The zero-order valence-electron chi connectivity index (χ0n) is 10.7. The van der Waals surface area contributed by atoms with Crippen LogP contribution >= 0.6 is 0 Å². The molecule has 1 saturated heterocycles. The van der Waals surface area contributed by atoms with Crippen LogP contribution in [0.3, 0.4) is 0 Å². The van der Waals surface area contributed by atoms with Crippen molar-refractivity contribution in [3.63, 3.8) is 0 Å². The van der Waals surface area contributed by atoms with Crippen LogP contribution in [0.4, 0.5) is 0 Å². The molecule has 2 N–H and O–H groups in total. The van der Waals surface area contributed by atoms with E-state index in [9.17, 15) is 4.79 Å². The molecule has 4 nitrogen and oxygen atoms in total. The summed E-state index contributed by atoms with van der Waals surface area (Å²) in [4.78, 5) is 11.7. The van der Waals surface area contributed by atoms with Gasteiger partial charge in [0.25, 0.3) is 0 Å². The van der Waals surface area contributed by atoms with Crippen LogP contribution in [0, 0.1) is 0 Å². The van der Waals surface area contributed by atoms with Crippen molar-refractivity contribution in [2.24, 2.45) is 0 Å². The third-order valence-electron chi connectivity index (χ3n) is 3.51. The third kappa shape index (κ3) is 4.64. The Morgan fingerprint density at radius 3 is 2.82 bits per heavy atom. The lowest BCUT2D eigenvalue weighted by Crippen LogP contribution is -2.43. The summed E-state index contributed by atoms with van der Waals surface area (Å²) < 4.78 is 5.65. The van der Waals surface area contributed by atoms with E-state index in [-0.39, 0.29) is 11.9 Å². The Morgan fingerprint density at radius 1 is 1.35 bits per heavy atom. The van der Waals surface area contributed by atoms with E-state index in [1.807, 2.05) is 6.92 Å². The first kappa shape index (κ1) is 12.8. The molecule has 1 heterocycles. The van der Waals surface area contributed by atoms with Gasteiger partial charge in [0.1, 0.15) is 0 Å². The molecule has 2 fully saturated rings. The Hall–Kier alpha value is -0.610. The average molecular weight is 240 g/mol. The monoisotopic (exact) mass is 240 g/mol. The molecule has 2 unspecified atom stereocenters. The summed E-state index contributed by atoms with van der Waals surface area (Å²) >= 11 is 0. The minimum Gasteiger partial charge on any atom is -0.378 e. The van der Waals surface area contributed by atoms with E-state index in [0.717, 1.165) is 32.4 Å². The van der Waals surface area contributed by atoms with E-state index >= 15 is 0 Å². The van der Waals surface area contributed by atoms with Gasteiger partial charge in [0, 0.05) is 12.6 Å². The Balaban J connectivity index is 1.55. The molecule has 2 rings (SSSR count). The maximum atomic E-state index is 11.7. The maximum Gasteiger partial charge on any atom is 0.237 e. The van der Waals surface area contributed by atoms with Gasteiger partial charge < -0.3 is 15.4 Å². The lowest BCUT2D eigenvalue weighted by molar-refractivity contribution is -0.122. The van der Waals surface area contributed by atoms with Gasteiger partial charge in [-0.05, 0) is 52.0 Å². The standard InChI is InChI=1S/C13H24N2O2/c1-10(13(16)15-11-5-6-11)14-8-7-12-4-2-3-9-17-12/h10-12,14H,2-9H2,1H3,(H,15,16). The third-order valence-corrected chi connectivity index (χ3v) is 3.51. The number of carbonyl (C=O) groups excluding carboxylic acids is 1. The average Bonchev–Trinajstić information content (AvgIpc) is 3.14. The lowest BCUT2D eigenvalue weighted by Gasteiger charge is -2.23. The topological polar surface area (TPSA) is 50.4 Å². The molecule has 1 aliphatic carbocycles. The normalized spacial score (nSPS) is 26.5. The maximum absolute atomic E-state index is 11.7. The predicted octanol–water partition coefficient (Wildman–Crippen LogP) is 1.20. The number of hydrogen-bond donors (Lipinski definition) is 2. The zero-order chi connectivity index (χ0) is 12.1. The van der Waals surface area contributed by atoms with Crippen molar-refractivity contribution in [1.29, 1.82) is 0 Å². The van der Waals surface area contributed by atoms with Crippen LogP contribution in [0.25, 0.3) is 0 Å². The van der Waals surface area contributed by atoms with E-state index in [4.69, 9.17) is 4.74 Å². The summed E-state index contributed by atoms with van der Waals surface area (Å²) in [6, 6.07) is 0.368. The molecule has 2 atom stereocenters. The van der Waals surface area contributed by atoms with E-state index < -0.39 is 0 Å². The molecule has 0 radical (unpaired) electrons. The van der Waals surface area contributed by atoms with Gasteiger partial charge >= 0.3 is 0 Å². The molecular weight excluding hydrogens is 216 g/mol. The Morgan fingerprint density at radius 2 is 2.18 bits per heavy atom. The molecule has 17 heavy (non-hydrogen) atoms. The Labute approximate surface area is 103 Å². The highest BCUT2D eigenvalue weighted by Gasteiger charge is 2.25. The lowest BCUT2D eigenvalue weighted by atomic mass is 10.1. The summed E-state index contributed by atoms with van der Waals surface area (Å²) in [5, 5.41) is 6.28. The predicted molar refractivity (Wildman–Crippen MR) is 66.8 cm³/mol. The van der Waals surface area contributed by atoms with Crippen LogP contribution in [0.15, 0.2) is 0 Å². The fourth-order valence-electron chi connectivity index (χ4n) is 2.14. The van der Waals surface area contributed by atoms with Crippen LogP contribution in [0.1, 0.15) is 45.4 Å². The molecule has 0 spiro atoms. The molecule has 1 amide bonds. The first-order chi connectivity index (χ1) is 8.25. The highest BCUT2D eigenvalue weighted by Crippen LogP contribution is 2.18. The van der Waals surface area contributed by atoms with Crippen LogP contribution < -0.4 is 10.6 Å². The van der Waals surface area contributed by atoms with Crippen molar-refractivity contribution in [1.82, 2.24) is 10.6 Å². The molecule has 98 valence electrons. The first-order valence-corrected chi connectivity index (χ1v) is 6.91. The highest BCUT2D eigenvalue weighted by atomic mass is 16.5. The van der Waals surface area contributed by atoms with Crippen molar-refractivity contribution in [3.05, 3.63) is 0 Å². The molecule has 0 aromatic heterocycles. The summed E-state index contributed by atoms with van der Waals surface area (Å²) in [6.07, 6.45) is 7.36. The minimum absolute atomic E-state index is 0.0841. The SMILES string of the molecule is CC(NCCC1CCCCO1)C(=O)NC1CC1. The van der Waals surface area contributed by atoms with Crippen molar-refractivity contribution < 1.29 is 9.53 Å². The van der Waals surface area contributed by atoms with Gasteiger partial charge in [-0.15, -0.1) is 0 Å². The molecule has 0 aromatic carbocycles. The molecule has 1 aliphatic heterocycles. The van der Waals surface area contributed by atoms with Crippen LogP contribution in [-0.2, 0) is 9.53 Å². The fraction of sp³-hybridized carbons (Fsp3) is 0.923. The smallest absolute Gasteiger partial charge is 0.237 e. The van der Waals surface area contributed by atoms with Crippen LogP contribution in [-0.4, -0.2) is 37.2 Å². The second kappa shape index (κ2) is 6.36. The van der Waals surface area contributed by atoms with E-state index in [2.05, 4.69) is 10.6 Å². The van der Waals surface area contributed by atoms with Crippen molar-refractivity contribution in [2.75, 3.05) is 13.2 Å². The van der Waals surface area contributed by atoms with Gasteiger partial charge in [-0.3, -0.25) is 4.79 Å². The molecule has 2 aliphatic rings.